The Morgan fingerprint density at radius 2 is 2.23 bits per heavy atom. The Labute approximate surface area is 79.5 Å². The molecule has 2 rings (SSSR count). The molecule has 1 nitrogen and oxygen atoms in total. The van der Waals surface area contributed by atoms with Crippen LogP contribution in [0.1, 0.15) is 39.0 Å². The zero-order chi connectivity index (χ0) is 9.26. The largest absolute Gasteiger partial charge is 0.294 e. The summed E-state index contributed by atoms with van der Waals surface area (Å²) in [5.74, 6) is 0.825. The van der Waals surface area contributed by atoms with Crippen LogP contribution in [0.5, 0.6) is 0 Å². The smallest absolute Gasteiger partial charge is 0.163 e. The van der Waals surface area contributed by atoms with E-state index in [4.69, 9.17) is 0 Å². The van der Waals surface area contributed by atoms with E-state index in [0.29, 0.717) is 11.7 Å². The molecule has 0 aliphatic heterocycles. The molecule has 2 aliphatic rings. The van der Waals surface area contributed by atoms with E-state index in [1.807, 2.05) is 0 Å². The lowest BCUT2D eigenvalue weighted by Gasteiger charge is -2.12. The van der Waals surface area contributed by atoms with Gasteiger partial charge in [0, 0.05) is 12.0 Å². The van der Waals surface area contributed by atoms with E-state index in [-0.39, 0.29) is 0 Å². The van der Waals surface area contributed by atoms with Gasteiger partial charge in [0.1, 0.15) is 0 Å². The van der Waals surface area contributed by atoms with Gasteiger partial charge in [0.05, 0.1) is 0 Å². The van der Waals surface area contributed by atoms with Gasteiger partial charge in [0.15, 0.2) is 5.78 Å². The highest BCUT2D eigenvalue weighted by Crippen LogP contribution is 2.31. The molecule has 0 fully saturated rings. The molecule has 1 heteroatoms. The Morgan fingerprint density at radius 1 is 1.38 bits per heavy atom. The van der Waals surface area contributed by atoms with E-state index >= 15 is 0 Å². The second-order valence-corrected chi connectivity index (χ2v) is 4.16. The van der Waals surface area contributed by atoms with E-state index in [1.165, 1.54) is 18.4 Å². The van der Waals surface area contributed by atoms with Gasteiger partial charge in [-0.3, -0.25) is 4.79 Å². The molecular weight excluding hydrogens is 160 g/mol. The molecular formula is C12H16O. The first-order chi connectivity index (χ1) is 6.27. The van der Waals surface area contributed by atoms with Crippen molar-refractivity contribution in [3.8, 4) is 0 Å². The van der Waals surface area contributed by atoms with Crippen LogP contribution in [0, 0.1) is 5.92 Å². The maximum absolute atomic E-state index is 11.6. The number of Topliss-reactive ketones (excluding diaryl/α,β-unsaturated/α-hetero) is 1. The summed E-state index contributed by atoms with van der Waals surface area (Å²) in [6.07, 6.45) is 9.96. The van der Waals surface area contributed by atoms with E-state index in [0.717, 1.165) is 24.8 Å². The van der Waals surface area contributed by atoms with Crippen molar-refractivity contribution in [1.82, 2.24) is 0 Å². The average Bonchev–Trinajstić information content (AvgIpc) is 2.47. The van der Waals surface area contributed by atoms with Crippen molar-refractivity contribution in [1.29, 1.82) is 0 Å². The summed E-state index contributed by atoms with van der Waals surface area (Å²) in [6, 6.07) is 0. The molecule has 1 atom stereocenters. The topological polar surface area (TPSA) is 17.1 Å². The summed E-state index contributed by atoms with van der Waals surface area (Å²) in [4.78, 5) is 11.6. The van der Waals surface area contributed by atoms with Gasteiger partial charge in [0.2, 0.25) is 0 Å². The van der Waals surface area contributed by atoms with Gasteiger partial charge in [-0.15, -0.1) is 0 Å². The molecule has 0 aromatic rings. The minimum atomic E-state index is 0.362. The van der Waals surface area contributed by atoms with Gasteiger partial charge >= 0.3 is 0 Å². The first kappa shape index (κ1) is 8.74. The summed E-state index contributed by atoms with van der Waals surface area (Å²) in [5, 5.41) is 0. The van der Waals surface area contributed by atoms with Gasteiger partial charge in [-0.1, -0.05) is 19.1 Å². The van der Waals surface area contributed by atoms with E-state index in [1.54, 1.807) is 0 Å². The molecule has 0 aromatic carbocycles. The molecule has 1 unspecified atom stereocenters. The van der Waals surface area contributed by atoms with Crippen molar-refractivity contribution in [3.05, 3.63) is 23.3 Å². The van der Waals surface area contributed by atoms with Gasteiger partial charge in [0.25, 0.3) is 0 Å². The minimum absolute atomic E-state index is 0.362. The SMILES string of the molecule is CC1C=C(C2=CCCCC2)C(=O)C1. The Morgan fingerprint density at radius 3 is 2.77 bits per heavy atom. The van der Waals surface area contributed by atoms with Gasteiger partial charge in [-0.2, -0.15) is 0 Å². The molecule has 0 spiro atoms. The second-order valence-electron chi connectivity index (χ2n) is 4.16. The average molecular weight is 176 g/mol. The predicted octanol–water partition coefficient (Wildman–Crippen LogP) is 3.02. The molecule has 70 valence electrons. The van der Waals surface area contributed by atoms with Crippen LogP contribution in [0.25, 0.3) is 0 Å². The fraction of sp³-hybridized carbons (Fsp3) is 0.583. The zero-order valence-corrected chi connectivity index (χ0v) is 8.18. The standard InChI is InChI=1S/C12H16O/c1-9-7-11(12(13)8-9)10-5-3-2-4-6-10/h5,7,9H,2-4,6,8H2,1H3. The van der Waals surface area contributed by atoms with Crippen LogP contribution < -0.4 is 0 Å². The Kier molecular flexibility index (Phi) is 2.34. The molecule has 0 N–H and O–H groups in total. The fourth-order valence-corrected chi connectivity index (χ4v) is 2.21. The monoisotopic (exact) mass is 176 g/mol. The van der Waals surface area contributed by atoms with Crippen LogP contribution in [-0.2, 0) is 4.79 Å². The summed E-state index contributed by atoms with van der Waals surface area (Å²) < 4.78 is 0. The lowest BCUT2D eigenvalue weighted by molar-refractivity contribution is -0.115. The fourth-order valence-electron chi connectivity index (χ4n) is 2.21. The number of rotatable bonds is 1. The quantitative estimate of drug-likeness (QED) is 0.600. The highest BCUT2D eigenvalue weighted by atomic mass is 16.1. The van der Waals surface area contributed by atoms with Crippen LogP contribution in [0.3, 0.4) is 0 Å². The molecule has 0 amide bonds. The molecule has 0 radical (unpaired) electrons. The maximum Gasteiger partial charge on any atom is 0.163 e. The van der Waals surface area contributed by atoms with E-state index in [2.05, 4.69) is 19.1 Å². The van der Waals surface area contributed by atoms with Gasteiger partial charge < -0.3 is 0 Å². The number of ketones is 1. The van der Waals surface area contributed by atoms with Gasteiger partial charge in [-0.05, 0) is 37.2 Å². The molecule has 0 saturated heterocycles. The third-order valence-electron chi connectivity index (χ3n) is 2.90. The van der Waals surface area contributed by atoms with Crippen LogP contribution >= 0.6 is 0 Å². The summed E-state index contributed by atoms with van der Waals surface area (Å²) in [5.41, 5.74) is 2.35. The normalized spacial score (nSPS) is 28.7. The Hall–Kier alpha value is -0.850. The van der Waals surface area contributed by atoms with E-state index in [9.17, 15) is 4.79 Å². The molecule has 0 saturated carbocycles. The molecule has 0 bridgehead atoms. The summed E-state index contributed by atoms with van der Waals surface area (Å²) in [6.45, 7) is 2.12. The van der Waals surface area contributed by atoms with Gasteiger partial charge in [-0.25, -0.2) is 0 Å². The zero-order valence-electron chi connectivity index (χ0n) is 8.18. The van der Waals surface area contributed by atoms with Crippen molar-refractivity contribution >= 4 is 5.78 Å². The number of carbonyl (C=O) groups excluding carboxylic acids is 1. The molecule has 0 heterocycles. The maximum atomic E-state index is 11.6. The highest BCUT2D eigenvalue weighted by molar-refractivity contribution is 6.01. The second kappa shape index (κ2) is 3.49. The number of allylic oxidation sites excluding steroid dienone is 4. The molecule has 13 heavy (non-hydrogen) atoms. The van der Waals surface area contributed by atoms with Crippen LogP contribution in [-0.4, -0.2) is 5.78 Å². The number of hydrogen-bond donors (Lipinski definition) is 0. The van der Waals surface area contributed by atoms with Crippen molar-refractivity contribution < 1.29 is 4.79 Å². The summed E-state index contributed by atoms with van der Waals surface area (Å²) >= 11 is 0. The Balaban J connectivity index is 2.20. The minimum Gasteiger partial charge on any atom is -0.294 e. The van der Waals surface area contributed by atoms with Crippen molar-refractivity contribution in [3.63, 3.8) is 0 Å². The van der Waals surface area contributed by atoms with E-state index < -0.39 is 0 Å². The van der Waals surface area contributed by atoms with Crippen molar-refractivity contribution in [2.75, 3.05) is 0 Å². The van der Waals surface area contributed by atoms with Crippen LogP contribution in [0.4, 0.5) is 0 Å². The van der Waals surface area contributed by atoms with Crippen LogP contribution in [0.2, 0.25) is 0 Å². The predicted molar refractivity (Wildman–Crippen MR) is 53.4 cm³/mol. The lowest BCUT2D eigenvalue weighted by Crippen LogP contribution is -2.02. The van der Waals surface area contributed by atoms with Crippen molar-refractivity contribution in [2.24, 2.45) is 5.92 Å². The first-order valence-electron chi connectivity index (χ1n) is 5.22. The number of carbonyl (C=O) groups is 1. The number of hydrogen-bond acceptors (Lipinski definition) is 1. The third-order valence-corrected chi connectivity index (χ3v) is 2.90. The lowest BCUT2D eigenvalue weighted by atomic mass is 9.93. The van der Waals surface area contributed by atoms with Crippen LogP contribution in [0.15, 0.2) is 23.3 Å². The highest BCUT2D eigenvalue weighted by Gasteiger charge is 2.23. The Bertz CT molecular complexity index is 283. The molecule has 0 aromatic heterocycles. The molecule has 2 aliphatic carbocycles. The third kappa shape index (κ3) is 1.74. The van der Waals surface area contributed by atoms with Crippen molar-refractivity contribution in [2.45, 2.75) is 39.0 Å². The first-order valence-corrected chi connectivity index (χ1v) is 5.22. The summed E-state index contributed by atoms with van der Waals surface area (Å²) in [7, 11) is 0.